The summed E-state index contributed by atoms with van der Waals surface area (Å²) in [6, 6.07) is 15.7. The Hall–Kier alpha value is -1.34. The predicted molar refractivity (Wildman–Crippen MR) is 70.7 cm³/mol. The first-order valence-electron chi connectivity index (χ1n) is 5.91. The molecule has 0 radical (unpaired) electrons. The van der Waals surface area contributed by atoms with E-state index in [-0.39, 0.29) is 0 Å². The molecule has 0 saturated carbocycles. The maximum absolute atomic E-state index is 2.35. The van der Waals surface area contributed by atoms with Crippen molar-refractivity contribution >= 4 is 10.8 Å². The van der Waals surface area contributed by atoms with Gasteiger partial charge < -0.3 is 0 Å². The maximum Gasteiger partial charge on any atom is 0.0316 e. The molecule has 0 spiro atoms. The van der Waals surface area contributed by atoms with Gasteiger partial charge in [-0.25, -0.2) is 0 Å². The molecule has 2 aromatic rings. The fraction of sp³-hybridized carbons (Fsp3) is 0.333. The quantitative estimate of drug-likeness (QED) is 0.748. The normalized spacial score (nSPS) is 13.2. The molecule has 0 N–H and O–H groups in total. The Morgan fingerprint density at radius 1 is 1.06 bits per heavy atom. The van der Waals surface area contributed by atoms with Gasteiger partial charge in [0.25, 0.3) is 0 Å². The summed E-state index contributed by atoms with van der Waals surface area (Å²) in [7, 11) is 2.17. The average Bonchev–Trinajstić information content (AvgIpc) is 2.36. The number of nitrogens with zero attached hydrogens (tertiary/aromatic N) is 1. The Bertz CT molecular complexity index is 476. The molecule has 0 aliphatic rings. The van der Waals surface area contributed by atoms with Crippen LogP contribution in [0.5, 0.6) is 0 Å². The Balaban J connectivity index is 2.39. The molecular formula is C15H19N. The van der Waals surface area contributed by atoms with E-state index in [4.69, 9.17) is 0 Å². The largest absolute Gasteiger partial charge is 0.300 e. The molecule has 0 aromatic heterocycles. The fourth-order valence-electron chi connectivity index (χ4n) is 2.00. The van der Waals surface area contributed by atoms with Gasteiger partial charge >= 0.3 is 0 Å². The van der Waals surface area contributed by atoms with Gasteiger partial charge in [0.15, 0.2) is 0 Å². The molecule has 0 aliphatic heterocycles. The first kappa shape index (κ1) is 11.2. The first-order chi connectivity index (χ1) is 7.72. The van der Waals surface area contributed by atoms with Gasteiger partial charge in [-0.3, -0.25) is 4.90 Å². The van der Waals surface area contributed by atoms with Crippen molar-refractivity contribution in [2.45, 2.75) is 19.9 Å². The van der Waals surface area contributed by atoms with Crippen molar-refractivity contribution in [3.63, 3.8) is 0 Å². The van der Waals surface area contributed by atoms with E-state index in [0.29, 0.717) is 6.04 Å². The van der Waals surface area contributed by atoms with Gasteiger partial charge in [-0.15, -0.1) is 0 Å². The summed E-state index contributed by atoms with van der Waals surface area (Å²) in [6.07, 6.45) is 0. The van der Waals surface area contributed by atoms with Gasteiger partial charge in [0, 0.05) is 6.04 Å². The van der Waals surface area contributed by atoms with Crippen LogP contribution in [0.4, 0.5) is 0 Å². The summed E-state index contributed by atoms with van der Waals surface area (Å²) >= 11 is 0. The molecule has 0 saturated heterocycles. The zero-order valence-corrected chi connectivity index (χ0v) is 10.3. The first-order valence-corrected chi connectivity index (χ1v) is 5.91. The van der Waals surface area contributed by atoms with E-state index in [2.05, 4.69) is 68.3 Å². The van der Waals surface area contributed by atoms with Crippen molar-refractivity contribution in [2.75, 3.05) is 13.6 Å². The molecule has 0 aliphatic carbocycles. The third-order valence-electron chi connectivity index (χ3n) is 3.42. The lowest BCUT2D eigenvalue weighted by molar-refractivity contribution is 0.276. The number of fused-ring (bicyclic) bond motifs is 1. The van der Waals surface area contributed by atoms with Crippen LogP contribution in [0.15, 0.2) is 42.5 Å². The third-order valence-corrected chi connectivity index (χ3v) is 3.42. The highest BCUT2D eigenvalue weighted by molar-refractivity contribution is 5.83. The van der Waals surface area contributed by atoms with Crippen LogP contribution in [-0.4, -0.2) is 18.5 Å². The van der Waals surface area contributed by atoms with Gasteiger partial charge in [-0.1, -0.05) is 43.3 Å². The molecule has 1 nitrogen and oxygen atoms in total. The van der Waals surface area contributed by atoms with E-state index in [9.17, 15) is 0 Å². The molecule has 0 fully saturated rings. The Morgan fingerprint density at radius 3 is 2.44 bits per heavy atom. The van der Waals surface area contributed by atoms with Crippen molar-refractivity contribution in [1.82, 2.24) is 4.90 Å². The van der Waals surface area contributed by atoms with Crippen LogP contribution < -0.4 is 0 Å². The van der Waals surface area contributed by atoms with Crippen molar-refractivity contribution < 1.29 is 0 Å². The molecule has 2 aromatic carbocycles. The minimum Gasteiger partial charge on any atom is -0.300 e. The molecular weight excluding hydrogens is 194 g/mol. The molecule has 1 unspecified atom stereocenters. The molecule has 16 heavy (non-hydrogen) atoms. The lowest BCUT2D eigenvalue weighted by Gasteiger charge is -2.23. The molecule has 0 bridgehead atoms. The molecule has 0 amide bonds. The summed E-state index contributed by atoms with van der Waals surface area (Å²) in [5.74, 6) is 0. The second kappa shape index (κ2) is 4.67. The van der Waals surface area contributed by atoms with Gasteiger partial charge in [-0.05, 0) is 42.9 Å². The number of benzene rings is 2. The lowest BCUT2D eigenvalue weighted by Crippen LogP contribution is -2.21. The van der Waals surface area contributed by atoms with Crippen LogP contribution >= 0.6 is 0 Å². The highest BCUT2D eigenvalue weighted by atomic mass is 15.1. The van der Waals surface area contributed by atoms with Crippen LogP contribution in [-0.2, 0) is 0 Å². The Labute approximate surface area is 97.7 Å². The second-order valence-electron chi connectivity index (χ2n) is 4.36. The zero-order valence-electron chi connectivity index (χ0n) is 10.3. The molecule has 84 valence electrons. The number of hydrogen-bond donors (Lipinski definition) is 0. The standard InChI is InChI=1S/C15H19N/c1-4-16(3)12(2)14-10-9-13-7-5-6-8-15(13)11-14/h5-12H,4H2,1-3H3. The van der Waals surface area contributed by atoms with Crippen LogP contribution in [0.25, 0.3) is 10.8 Å². The van der Waals surface area contributed by atoms with Gasteiger partial charge in [0.05, 0.1) is 0 Å². The second-order valence-corrected chi connectivity index (χ2v) is 4.36. The van der Waals surface area contributed by atoms with Crippen molar-refractivity contribution in [2.24, 2.45) is 0 Å². The van der Waals surface area contributed by atoms with Crippen LogP contribution in [0.1, 0.15) is 25.5 Å². The van der Waals surface area contributed by atoms with Crippen LogP contribution in [0, 0.1) is 0 Å². The molecule has 2 rings (SSSR count). The van der Waals surface area contributed by atoms with E-state index in [1.54, 1.807) is 0 Å². The third kappa shape index (κ3) is 2.10. The summed E-state index contributed by atoms with van der Waals surface area (Å²) in [4.78, 5) is 2.35. The van der Waals surface area contributed by atoms with Crippen molar-refractivity contribution in [3.05, 3.63) is 48.0 Å². The van der Waals surface area contributed by atoms with E-state index in [0.717, 1.165) is 6.54 Å². The van der Waals surface area contributed by atoms with Crippen LogP contribution in [0.2, 0.25) is 0 Å². The monoisotopic (exact) mass is 213 g/mol. The zero-order chi connectivity index (χ0) is 11.5. The lowest BCUT2D eigenvalue weighted by atomic mass is 10.0. The van der Waals surface area contributed by atoms with E-state index in [1.165, 1.54) is 16.3 Å². The Kier molecular flexibility index (Phi) is 3.25. The summed E-state index contributed by atoms with van der Waals surface area (Å²) < 4.78 is 0. The fourth-order valence-corrected chi connectivity index (χ4v) is 2.00. The maximum atomic E-state index is 2.35. The van der Waals surface area contributed by atoms with E-state index >= 15 is 0 Å². The molecule has 1 atom stereocenters. The summed E-state index contributed by atoms with van der Waals surface area (Å²) in [5, 5.41) is 2.65. The summed E-state index contributed by atoms with van der Waals surface area (Å²) in [5.41, 5.74) is 1.39. The summed E-state index contributed by atoms with van der Waals surface area (Å²) in [6.45, 7) is 5.53. The number of hydrogen-bond acceptors (Lipinski definition) is 1. The smallest absolute Gasteiger partial charge is 0.0316 e. The number of rotatable bonds is 3. The Morgan fingerprint density at radius 2 is 1.75 bits per heavy atom. The topological polar surface area (TPSA) is 3.24 Å². The van der Waals surface area contributed by atoms with E-state index < -0.39 is 0 Å². The highest BCUT2D eigenvalue weighted by Crippen LogP contribution is 2.23. The molecule has 0 heterocycles. The average molecular weight is 213 g/mol. The van der Waals surface area contributed by atoms with Gasteiger partial charge in [0.2, 0.25) is 0 Å². The van der Waals surface area contributed by atoms with Gasteiger partial charge in [0.1, 0.15) is 0 Å². The van der Waals surface area contributed by atoms with Crippen molar-refractivity contribution in [3.8, 4) is 0 Å². The molecule has 1 heteroatoms. The predicted octanol–water partition coefficient (Wildman–Crippen LogP) is 3.85. The van der Waals surface area contributed by atoms with Crippen LogP contribution in [0.3, 0.4) is 0 Å². The SMILES string of the molecule is CCN(C)C(C)c1ccc2ccccc2c1. The highest BCUT2D eigenvalue weighted by Gasteiger charge is 2.09. The minimum absolute atomic E-state index is 0.481. The van der Waals surface area contributed by atoms with Crippen molar-refractivity contribution in [1.29, 1.82) is 0 Å². The minimum atomic E-state index is 0.481. The van der Waals surface area contributed by atoms with E-state index in [1.807, 2.05) is 0 Å². The van der Waals surface area contributed by atoms with Gasteiger partial charge in [-0.2, -0.15) is 0 Å².